The minimum Gasteiger partial charge on any atom is -0.325 e. The monoisotopic (exact) mass is 404 g/mol. The Balaban J connectivity index is 1.90. The highest BCUT2D eigenvalue weighted by atomic mass is 79.9. The molecular formula is C15H12BrF3N2OS. The quantitative estimate of drug-likeness (QED) is 0.736. The lowest BCUT2D eigenvalue weighted by Gasteiger charge is -2.08. The Kier molecular flexibility index (Phi) is 5.69. The number of alkyl halides is 3. The molecule has 1 aromatic carbocycles. The first-order valence-corrected chi connectivity index (χ1v) is 8.25. The van der Waals surface area contributed by atoms with Crippen LogP contribution in [0.3, 0.4) is 0 Å². The molecule has 0 unspecified atom stereocenters. The molecule has 8 heteroatoms. The van der Waals surface area contributed by atoms with Crippen molar-refractivity contribution < 1.29 is 18.0 Å². The van der Waals surface area contributed by atoms with Crippen LogP contribution >= 0.6 is 27.7 Å². The van der Waals surface area contributed by atoms with E-state index in [-0.39, 0.29) is 11.7 Å². The molecule has 0 aliphatic carbocycles. The molecule has 2 rings (SSSR count). The van der Waals surface area contributed by atoms with Crippen LogP contribution < -0.4 is 5.32 Å². The van der Waals surface area contributed by atoms with Crippen molar-refractivity contribution in [3.8, 4) is 0 Å². The molecule has 0 bridgehead atoms. The molecule has 0 aliphatic heterocycles. The smallest absolute Gasteiger partial charge is 0.325 e. The summed E-state index contributed by atoms with van der Waals surface area (Å²) in [5.41, 5.74) is 0.841. The van der Waals surface area contributed by atoms with Crippen molar-refractivity contribution in [2.45, 2.75) is 18.1 Å². The molecule has 0 radical (unpaired) electrons. The molecule has 0 spiro atoms. The number of hydrogen-bond acceptors (Lipinski definition) is 3. The first kappa shape index (κ1) is 17.8. The summed E-state index contributed by atoms with van der Waals surface area (Å²) in [5, 5.41) is 3.09. The maximum atomic E-state index is 12.4. The topological polar surface area (TPSA) is 42.0 Å². The van der Waals surface area contributed by atoms with E-state index in [0.717, 1.165) is 34.1 Å². The zero-order valence-electron chi connectivity index (χ0n) is 11.9. The van der Waals surface area contributed by atoms with Crippen LogP contribution in [0.25, 0.3) is 0 Å². The second-order valence-corrected chi connectivity index (χ2v) is 6.53. The van der Waals surface area contributed by atoms with Crippen molar-refractivity contribution in [1.82, 2.24) is 4.98 Å². The minimum absolute atomic E-state index is 0.0630. The third kappa shape index (κ3) is 5.24. The van der Waals surface area contributed by atoms with Gasteiger partial charge in [-0.05, 0) is 42.8 Å². The molecule has 0 aliphatic rings. The number of carbonyl (C=O) groups is 1. The van der Waals surface area contributed by atoms with Crippen LogP contribution in [0.4, 0.5) is 18.9 Å². The molecule has 0 saturated heterocycles. The average Bonchev–Trinajstić information content (AvgIpc) is 2.48. The number of halogens is 4. The van der Waals surface area contributed by atoms with Crippen LogP contribution in [-0.4, -0.2) is 16.6 Å². The van der Waals surface area contributed by atoms with Crippen molar-refractivity contribution in [2.75, 3.05) is 11.1 Å². The van der Waals surface area contributed by atoms with E-state index in [9.17, 15) is 18.0 Å². The minimum atomic E-state index is -4.41. The fourth-order valence-electron chi connectivity index (χ4n) is 1.69. The summed E-state index contributed by atoms with van der Waals surface area (Å²) in [6.07, 6.45) is -3.65. The van der Waals surface area contributed by atoms with Gasteiger partial charge in [0.2, 0.25) is 5.91 Å². The van der Waals surface area contributed by atoms with Crippen molar-refractivity contribution in [3.05, 3.63) is 52.1 Å². The Bertz CT molecular complexity index is 705. The summed E-state index contributed by atoms with van der Waals surface area (Å²) in [6.45, 7) is 1.90. The van der Waals surface area contributed by atoms with Crippen LogP contribution in [0.2, 0.25) is 0 Å². The molecule has 0 fully saturated rings. The van der Waals surface area contributed by atoms with E-state index in [2.05, 4.69) is 26.2 Å². The molecule has 0 saturated carbocycles. The highest BCUT2D eigenvalue weighted by Gasteiger charge is 2.30. The molecule has 0 atom stereocenters. The zero-order chi connectivity index (χ0) is 17.0. The number of aryl methyl sites for hydroxylation is 1. The Morgan fingerprint density at radius 3 is 2.61 bits per heavy atom. The summed E-state index contributed by atoms with van der Waals surface area (Å²) < 4.78 is 38.2. The molecule has 23 heavy (non-hydrogen) atoms. The average molecular weight is 405 g/mol. The maximum Gasteiger partial charge on any atom is 0.417 e. The van der Waals surface area contributed by atoms with Gasteiger partial charge in [0.05, 0.1) is 16.3 Å². The fraction of sp³-hybridized carbons (Fsp3) is 0.200. The number of carbonyl (C=O) groups excluding carboxylic acids is 1. The lowest BCUT2D eigenvalue weighted by atomic mass is 10.2. The number of rotatable bonds is 4. The first-order valence-electron chi connectivity index (χ1n) is 6.48. The van der Waals surface area contributed by atoms with Gasteiger partial charge in [0.1, 0.15) is 0 Å². The molecule has 1 heterocycles. The van der Waals surface area contributed by atoms with Crippen molar-refractivity contribution >= 4 is 39.3 Å². The summed E-state index contributed by atoms with van der Waals surface area (Å²) >= 11 is 4.45. The molecule has 122 valence electrons. The molecule has 1 aromatic heterocycles. The maximum absolute atomic E-state index is 12.4. The number of thioether (sulfide) groups is 1. The summed E-state index contributed by atoms with van der Waals surface area (Å²) in [5.74, 6) is -0.188. The molecule has 1 amide bonds. The molecule has 1 N–H and O–H groups in total. The third-order valence-corrected chi connectivity index (χ3v) is 4.69. The molecular weight excluding hydrogens is 393 g/mol. The van der Waals surface area contributed by atoms with Gasteiger partial charge in [-0.2, -0.15) is 13.2 Å². The predicted molar refractivity (Wildman–Crippen MR) is 87.5 cm³/mol. The van der Waals surface area contributed by atoms with Crippen molar-refractivity contribution in [2.24, 2.45) is 0 Å². The number of benzene rings is 1. The number of nitrogens with one attached hydrogen (secondary N) is 1. The highest BCUT2D eigenvalue weighted by Crippen LogP contribution is 2.29. The number of nitrogens with zero attached hydrogens (tertiary/aromatic N) is 1. The lowest BCUT2D eigenvalue weighted by Crippen LogP contribution is -2.14. The van der Waals surface area contributed by atoms with Crippen LogP contribution in [0, 0.1) is 6.92 Å². The van der Waals surface area contributed by atoms with E-state index in [1.165, 1.54) is 6.07 Å². The van der Waals surface area contributed by atoms with Crippen LogP contribution in [0.1, 0.15) is 11.1 Å². The Morgan fingerprint density at radius 1 is 1.30 bits per heavy atom. The normalized spacial score (nSPS) is 11.3. The number of anilines is 1. The van der Waals surface area contributed by atoms with Gasteiger partial charge in [-0.1, -0.05) is 27.7 Å². The largest absolute Gasteiger partial charge is 0.417 e. The molecule has 2 aromatic rings. The number of amides is 1. The summed E-state index contributed by atoms with van der Waals surface area (Å²) in [4.78, 5) is 15.6. The Labute approximate surface area is 143 Å². The second-order valence-electron chi connectivity index (χ2n) is 4.68. The predicted octanol–water partition coefficient (Wildman–Crippen LogP) is 4.90. The summed E-state index contributed by atoms with van der Waals surface area (Å²) in [7, 11) is 0. The Morgan fingerprint density at radius 2 is 2.04 bits per heavy atom. The number of hydrogen-bond donors (Lipinski definition) is 1. The van der Waals surface area contributed by atoms with Gasteiger partial charge in [-0.3, -0.25) is 4.79 Å². The summed E-state index contributed by atoms with van der Waals surface area (Å²) in [6, 6.07) is 7.62. The van der Waals surface area contributed by atoms with Gasteiger partial charge in [0, 0.05) is 16.4 Å². The lowest BCUT2D eigenvalue weighted by molar-refractivity contribution is -0.137. The number of aromatic nitrogens is 1. The SMILES string of the molecule is Cc1cc(NC(=O)CSc2ccc(C(F)(F)F)cn2)ccc1Br. The van der Waals surface area contributed by atoms with E-state index in [1.807, 2.05) is 19.1 Å². The van der Waals surface area contributed by atoms with E-state index in [1.54, 1.807) is 6.07 Å². The highest BCUT2D eigenvalue weighted by molar-refractivity contribution is 9.10. The van der Waals surface area contributed by atoms with Crippen LogP contribution in [0.5, 0.6) is 0 Å². The zero-order valence-corrected chi connectivity index (χ0v) is 14.3. The van der Waals surface area contributed by atoms with E-state index in [0.29, 0.717) is 10.7 Å². The van der Waals surface area contributed by atoms with Gasteiger partial charge in [0.15, 0.2) is 0 Å². The van der Waals surface area contributed by atoms with E-state index >= 15 is 0 Å². The molecule has 3 nitrogen and oxygen atoms in total. The standard InChI is InChI=1S/C15H12BrF3N2OS/c1-9-6-11(3-4-12(9)16)21-13(22)8-23-14-5-2-10(7-20-14)15(17,18)19/h2-7H,8H2,1H3,(H,21,22). The Hall–Kier alpha value is -1.54. The van der Waals surface area contributed by atoms with Crippen LogP contribution in [0.15, 0.2) is 46.0 Å². The van der Waals surface area contributed by atoms with Gasteiger partial charge >= 0.3 is 6.18 Å². The third-order valence-electron chi connectivity index (χ3n) is 2.86. The van der Waals surface area contributed by atoms with Crippen molar-refractivity contribution in [3.63, 3.8) is 0 Å². The van der Waals surface area contributed by atoms with E-state index < -0.39 is 11.7 Å². The van der Waals surface area contributed by atoms with Gasteiger partial charge in [-0.25, -0.2) is 4.98 Å². The fourth-order valence-corrected chi connectivity index (χ4v) is 2.58. The van der Waals surface area contributed by atoms with Crippen LogP contribution in [-0.2, 0) is 11.0 Å². The number of pyridine rings is 1. The van der Waals surface area contributed by atoms with Crippen molar-refractivity contribution in [1.29, 1.82) is 0 Å². The van der Waals surface area contributed by atoms with E-state index in [4.69, 9.17) is 0 Å². The van der Waals surface area contributed by atoms with Gasteiger partial charge < -0.3 is 5.32 Å². The van der Waals surface area contributed by atoms with Gasteiger partial charge in [-0.15, -0.1) is 0 Å². The van der Waals surface area contributed by atoms with Gasteiger partial charge in [0.25, 0.3) is 0 Å². The first-order chi connectivity index (χ1) is 10.8. The second kappa shape index (κ2) is 7.35.